The Hall–Kier alpha value is -1.17. The zero-order valence-corrected chi connectivity index (χ0v) is 6.50. The SMILES string of the molecule is CC1=C(F)C(C#N)C(C)C=N1. The summed E-state index contributed by atoms with van der Waals surface area (Å²) in [5.74, 6) is -1.13. The molecule has 3 heteroatoms. The Morgan fingerprint density at radius 2 is 2.36 bits per heavy atom. The van der Waals surface area contributed by atoms with Gasteiger partial charge in [0.05, 0.1) is 11.8 Å². The minimum Gasteiger partial charge on any atom is -0.263 e. The smallest absolute Gasteiger partial charge is 0.139 e. The van der Waals surface area contributed by atoms with E-state index in [0.717, 1.165) is 0 Å². The molecule has 0 aliphatic carbocycles. The third-order valence-electron chi connectivity index (χ3n) is 1.79. The van der Waals surface area contributed by atoms with Gasteiger partial charge in [0.1, 0.15) is 11.7 Å². The van der Waals surface area contributed by atoms with Crippen LogP contribution in [-0.4, -0.2) is 6.21 Å². The normalized spacial score (nSPS) is 30.4. The first-order valence-electron chi connectivity index (χ1n) is 3.47. The Bertz CT molecular complexity index is 260. The number of halogens is 1. The Morgan fingerprint density at radius 3 is 2.82 bits per heavy atom. The van der Waals surface area contributed by atoms with E-state index in [0.29, 0.717) is 5.70 Å². The van der Waals surface area contributed by atoms with E-state index in [4.69, 9.17) is 5.26 Å². The van der Waals surface area contributed by atoms with Crippen LogP contribution in [0.25, 0.3) is 0 Å². The molecule has 0 spiro atoms. The first-order valence-corrected chi connectivity index (χ1v) is 3.47. The lowest BCUT2D eigenvalue weighted by Gasteiger charge is -2.16. The number of nitrogens with zero attached hydrogens (tertiary/aromatic N) is 2. The number of aliphatic imine (C=N–C) groups is 1. The first kappa shape index (κ1) is 7.93. The number of rotatable bonds is 0. The van der Waals surface area contributed by atoms with Crippen LogP contribution in [0.15, 0.2) is 16.5 Å². The van der Waals surface area contributed by atoms with Crippen molar-refractivity contribution in [3.8, 4) is 6.07 Å². The lowest BCUT2D eigenvalue weighted by molar-refractivity contribution is 0.467. The van der Waals surface area contributed by atoms with Gasteiger partial charge in [0, 0.05) is 12.1 Å². The van der Waals surface area contributed by atoms with Crippen LogP contribution < -0.4 is 0 Å². The van der Waals surface area contributed by atoms with Crippen LogP contribution in [-0.2, 0) is 0 Å². The third kappa shape index (κ3) is 1.30. The molecular weight excluding hydrogens is 143 g/mol. The van der Waals surface area contributed by atoms with Gasteiger partial charge >= 0.3 is 0 Å². The fraction of sp³-hybridized carbons (Fsp3) is 0.500. The predicted octanol–water partition coefficient (Wildman–Crippen LogP) is 2.05. The second-order valence-corrected chi connectivity index (χ2v) is 2.68. The summed E-state index contributed by atoms with van der Waals surface area (Å²) in [5.41, 5.74) is 0.328. The number of nitriles is 1. The minimum atomic E-state index is -0.632. The van der Waals surface area contributed by atoms with Crippen molar-refractivity contribution >= 4 is 6.21 Å². The van der Waals surface area contributed by atoms with Gasteiger partial charge in [-0.05, 0) is 6.92 Å². The summed E-state index contributed by atoms with van der Waals surface area (Å²) in [7, 11) is 0. The zero-order valence-electron chi connectivity index (χ0n) is 6.50. The molecule has 2 nitrogen and oxygen atoms in total. The quantitative estimate of drug-likeness (QED) is 0.523. The van der Waals surface area contributed by atoms with E-state index >= 15 is 0 Å². The van der Waals surface area contributed by atoms with Crippen LogP contribution >= 0.6 is 0 Å². The van der Waals surface area contributed by atoms with Crippen molar-refractivity contribution in [3.05, 3.63) is 11.5 Å². The second kappa shape index (κ2) is 2.83. The molecule has 0 aromatic rings. The minimum absolute atomic E-state index is 0.108. The highest BCUT2D eigenvalue weighted by Gasteiger charge is 2.25. The van der Waals surface area contributed by atoms with Crippen molar-refractivity contribution in [3.63, 3.8) is 0 Å². The van der Waals surface area contributed by atoms with Crippen LogP contribution in [0.5, 0.6) is 0 Å². The van der Waals surface area contributed by atoms with Gasteiger partial charge in [-0.2, -0.15) is 5.26 Å². The predicted molar refractivity (Wildman–Crippen MR) is 40.6 cm³/mol. The van der Waals surface area contributed by atoms with Gasteiger partial charge in [0.2, 0.25) is 0 Å². The standard InChI is InChI=1S/C8H9FN2/c1-5-4-11-6(2)8(9)7(5)3-10/h4-5,7H,1-2H3. The van der Waals surface area contributed by atoms with E-state index in [9.17, 15) is 4.39 Å². The number of hydrogen-bond acceptors (Lipinski definition) is 2. The van der Waals surface area contributed by atoms with E-state index < -0.39 is 5.92 Å². The maximum absolute atomic E-state index is 13.0. The molecule has 0 aromatic heterocycles. The van der Waals surface area contributed by atoms with Gasteiger partial charge in [0.15, 0.2) is 0 Å². The van der Waals surface area contributed by atoms with Gasteiger partial charge in [-0.15, -0.1) is 0 Å². The summed E-state index contributed by atoms with van der Waals surface area (Å²) in [5, 5.41) is 8.56. The van der Waals surface area contributed by atoms with Crippen LogP contribution in [0.3, 0.4) is 0 Å². The molecule has 1 aliphatic heterocycles. The highest BCUT2D eigenvalue weighted by Crippen LogP contribution is 2.27. The van der Waals surface area contributed by atoms with Crippen molar-refractivity contribution in [2.75, 3.05) is 0 Å². The van der Waals surface area contributed by atoms with Crippen LogP contribution in [0, 0.1) is 23.2 Å². The van der Waals surface area contributed by atoms with Gasteiger partial charge in [-0.1, -0.05) is 6.92 Å². The zero-order chi connectivity index (χ0) is 8.43. The number of hydrogen-bond donors (Lipinski definition) is 0. The monoisotopic (exact) mass is 152 g/mol. The molecule has 2 unspecified atom stereocenters. The average molecular weight is 152 g/mol. The Kier molecular flexibility index (Phi) is 2.04. The van der Waals surface area contributed by atoms with Gasteiger partial charge < -0.3 is 0 Å². The highest BCUT2D eigenvalue weighted by atomic mass is 19.1. The molecule has 0 aromatic carbocycles. The molecule has 58 valence electrons. The van der Waals surface area contributed by atoms with Crippen molar-refractivity contribution < 1.29 is 4.39 Å². The van der Waals surface area contributed by atoms with E-state index in [1.807, 2.05) is 6.07 Å². The summed E-state index contributed by atoms with van der Waals surface area (Å²) in [6, 6.07) is 1.91. The fourth-order valence-electron chi connectivity index (χ4n) is 1.01. The van der Waals surface area contributed by atoms with E-state index in [1.54, 1.807) is 20.1 Å². The molecule has 2 atom stereocenters. The van der Waals surface area contributed by atoms with Crippen molar-refractivity contribution in [2.24, 2.45) is 16.8 Å². The Morgan fingerprint density at radius 1 is 1.73 bits per heavy atom. The largest absolute Gasteiger partial charge is 0.263 e. The molecule has 0 radical (unpaired) electrons. The van der Waals surface area contributed by atoms with Crippen molar-refractivity contribution in [2.45, 2.75) is 13.8 Å². The molecular formula is C8H9FN2. The average Bonchev–Trinajstić information content (AvgIpc) is 1.99. The Balaban J connectivity index is 2.98. The van der Waals surface area contributed by atoms with Crippen molar-refractivity contribution in [1.82, 2.24) is 0 Å². The summed E-state index contributed by atoms with van der Waals surface area (Å²) >= 11 is 0. The topological polar surface area (TPSA) is 36.1 Å². The lowest BCUT2D eigenvalue weighted by Crippen LogP contribution is -2.16. The molecule has 1 aliphatic rings. The summed E-state index contributed by atoms with van der Waals surface area (Å²) < 4.78 is 13.0. The van der Waals surface area contributed by atoms with Crippen molar-refractivity contribution in [1.29, 1.82) is 5.26 Å². The fourth-order valence-corrected chi connectivity index (χ4v) is 1.01. The van der Waals surface area contributed by atoms with Gasteiger partial charge in [0.25, 0.3) is 0 Å². The van der Waals surface area contributed by atoms with Crippen LogP contribution in [0.1, 0.15) is 13.8 Å². The maximum Gasteiger partial charge on any atom is 0.139 e. The molecule has 0 N–H and O–H groups in total. The van der Waals surface area contributed by atoms with Crippen LogP contribution in [0.2, 0.25) is 0 Å². The highest BCUT2D eigenvalue weighted by molar-refractivity contribution is 5.65. The van der Waals surface area contributed by atoms with E-state index in [-0.39, 0.29) is 11.7 Å². The van der Waals surface area contributed by atoms with Crippen LogP contribution in [0.4, 0.5) is 4.39 Å². The summed E-state index contributed by atoms with van der Waals surface area (Å²) in [6.45, 7) is 3.35. The van der Waals surface area contributed by atoms with Gasteiger partial charge in [-0.3, -0.25) is 4.99 Å². The molecule has 11 heavy (non-hydrogen) atoms. The Labute approximate surface area is 65.1 Å². The molecule has 0 saturated carbocycles. The first-order chi connectivity index (χ1) is 5.16. The lowest BCUT2D eigenvalue weighted by atomic mass is 9.92. The molecule has 0 fully saturated rings. The number of allylic oxidation sites excluding steroid dienone is 2. The summed E-state index contributed by atoms with van der Waals surface area (Å²) in [4.78, 5) is 3.82. The molecule has 0 amide bonds. The maximum atomic E-state index is 13.0. The van der Waals surface area contributed by atoms with Gasteiger partial charge in [-0.25, -0.2) is 4.39 Å². The summed E-state index contributed by atoms with van der Waals surface area (Å²) in [6.07, 6.45) is 1.62. The molecule has 0 bridgehead atoms. The van der Waals surface area contributed by atoms with E-state index in [2.05, 4.69) is 4.99 Å². The molecule has 1 heterocycles. The second-order valence-electron chi connectivity index (χ2n) is 2.68. The third-order valence-corrected chi connectivity index (χ3v) is 1.79. The molecule has 0 saturated heterocycles. The molecule has 1 rings (SSSR count). The van der Waals surface area contributed by atoms with E-state index in [1.165, 1.54) is 0 Å².